The number of carbonyl (C=O) groups excluding carboxylic acids is 2. The number of nitrogens with zero attached hydrogens (tertiary/aromatic N) is 1. The Labute approximate surface area is 173 Å². The third kappa shape index (κ3) is 4.09. The predicted octanol–water partition coefficient (Wildman–Crippen LogP) is 6.00. The van der Waals surface area contributed by atoms with Crippen LogP contribution in [0.15, 0.2) is 45.8 Å². The van der Waals surface area contributed by atoms with Crippen molar-refractivity contribution in [2.75, 3.05) is 7.11 Å². The summed E-state index contributed by atoms with van der Waals surface area (Å²) < 4.78 is 6.15. The van der Waals surface area contributed by atoms with Crippen LogP contribution >= 0.6 is 50.9 Å². The van der Waals surface area contributed by atoms with Crippen LogP contribution in [0, 0.1) is 0 Å². The van der Waals surface area contributed by atoms with Gasteiger partial charge in [-0.25, -0.2) is 0 Å². The molecule has 2 aromatic rings. The maximum atomic E-state index is 12.7. The van der Waals surface area contributed by atoms with Gasteiger partial charge >= 0.3 is 0 Å². The van der Waals surface area contributed by atoms with Crippen molar-refractivity contribution in [2.45, 2.75) is 6.54 Å². The van der Waals surface area contributed by atoms with E-state index in [-0.39, 0.29) is 17.7 Å². The zero-order valence-electron chi connectivity index (χ0n) is 13.5. The molecule has 0 saturated carbocycles. The van der Waals surface area contributed by atoms with Crippen LogP contribution < -0.4 is 4.74 Å². The normalized spacial score (nSPS) is 15.8. The molecule has 0 unspecified atom stereocenters. The van der Waals surface area contributed by atoms with Gasteiger partial charge in [0.25, 0.3) is 11.1 Å². The van der Waals surface area contributed by atoms with Crippen LogP contribution in [0.5, 0.6) is 5.75 Å². The first-order valence-electron chi connectivity index (χ1n) is 7.42. The van der Waals surface area contributed by atoms with E-state index >= 15 is 0 Å². The third-order valence-electron chi connectivity index (χ3n) is 3.68. The van der Waals surface area contributed by atoms with E-state index < -0.39 is 0 Å². The highest BCUT2D eigenvalue weighted by atomic mass is 79.9. The van der Waals surface area contributed by atoms with Gasteiger partial charge in [-0.2, -0.15) is 0 Å². The standard InChI is InChI=1S/C18H12BrCl2NO3S/c1-25-15-5-3-12(19)7-11(15)8-16-17(23)22(18(24)26-16)9-10-2-4-13(20)14(21)6-10/h2-8H,9H2,1H3/b16-8+. The van der Waals surface area contributed by atoms with Gasteiger partial charge in [0.1, 0.15) is 5.75 Å². The first-order chi connectivity index (χ1) is 12.4. The zero-order valence-corrected chi connectivity index (χ0v) is 17.4. The van der Waals surface area contributed by atoms with Gasteiger partial charge in [-0.15, -0.1) is 0 Å². The zero-order chi connectivity index (χ0) is 18.8. The van der Waals surface area contributed by atoms with E-state index in [1.165, 1.54) is 4.90 Å². The van der Waals surface area contributed by atoms with Gasteiger partial charge in [0.2, 0.25) is 0 Å². The Kier molecular flexibility index (Phi) is 5.97. The summed E-state index contributed by atoms with van der Waals surface area (Å²) in [6.07, 6.45) is 1.66. The summed E-state index contributed by atoms with van der Waals surface area (Å²) in [4.78, 5) is 26.5. The number of hydrogen-bond acceptors (Lipinski definition) is 4. The minimum Gasteiger partial charge on any atom is -0.496 e. The lowest BCUT2D eigenvalue weighted by atomic mass is 10.1. The predicted molar refractivity (Wildman–Crippen MR) is 109 cm³/mol. The molecule has 0 atom stereocenters. The van der Waals surface area contributed by atoms with E-state index in [1.807, 2.05) is 12.1 Å². The van der Waals surface area contributed by atoms with Gasteiger partial charge in [-0.3, -0.25) is 14.5 Å². The van der Waals surface area contributed by atoms with E-state index in [0.717, 1.165) is 21.8 Å². The molecule has 26 heavy (non-hydrogen) atoms. The molecule has 8 heteroatoms. The van der Waals surface area contributed by atoms with Crippen LogP contribution in [0.25, 0.3) is 6.08 Å². The fraction of sp³-hybridized carbons (Fsp3) is 0.111. The number of amides is 2. The number of imide groups is 1. The Hall–Kier alpha value is -1.47. The summed E-state index contributed by atoms with van der Waals surface area (Å²) in [6.45, 7) is 0.133. The molecule has 0 bridgehead atoms. The molecule has 2 aromatic carbocycles. The molecule has 1 aliphatic heterocycles. The number of rotatable bonds is 4. The van der Waals surface area contributed by atoms with Gasteiger partial charge in [-0.05, 0) is 53.7 Å². The highest BCUT2D eigenvalue weighted by molar-refractivity contribution is 9.10. The number of carbonyl (C=O) groups is 2. The molecule has 0 spiro atoms. The van der Waals surface area contributed by atoms with Crippen molar-refractivity contribution in [2.24, 2.45) is 0 Å². The third-order valence-corrected chi connectivity index (χ3v) is 5.82. The summed E-state index contributed by atoms with van der Waals surface area (Å²) in [7, 11) is 1.55. The first-order valence-corrected chi connectivity index (χ1v) is 9.78. The number of ether oxygens (including phenoxy) is 1. The molecule has 0 radical (unpaired) electrons. The Bertz CT molecular complexity index is 933. The molecular weight excluding hydrogens is 461 g/mol. The van der Waals surface area contributed by atoms with Crippen molar-refractivity contribution in [1.82, 2.24) is 4.90 Å². The number of benzene rings is 2. The molecule has 4 nitrogen and oxygen atoms in total. The van der Waals surface area contributed by atoms with Crippen molar-refractivity contribution in [1.29, 1.82) is 0 Å². The van der Waals surface area contributed by atoms with Gasteiger partial charge in [0, 0.05) is 10.0 Å². The van der Waals surface area contributed by atoms with Gasteiger partial charge < -0.3 is 4.74 Å². The van der Waals surface area contributed by atoms with E-state index in [9.17, 15) is 9.59 Å². The number of methoxy groups -OCH3 is 1. The first kappa shape index (κ1) is 19.3. The largest absolute Gasteiger partial charge is 0.496 e. The number of thioether (sulfide) groups is 1. The maximum absolute atomic E-state index is 12.7. The van der Waals surface area contributed by atoms with Gasteiger partial charge in [0.05, 0.1) is 28.6 Å². The van der Waals surface area contributed by atoms with Crippen molar-refractivity contribution < 1.29 is 14.3 Å². The average Bonchev–Trinajstić information content (AvgIpc) is 2.86. The van der Waals surface area contributed by atoms with Crippen LogP contribution in [0.4, 0.5) is 4.79 Å². The molecule has 0 N–H and O–H groups in total. The van der Waals surface area contributed by atoms with Crippen LogP contribution in [0.1, 0.15) is 11.1 Å². The monoisotopic (exact) mass is 471 g/mol. The maximum Gasteiger partial charge on any atom is 0.293 e. The Morgan fingerprint density at radius 1 is 1.15 bits per heavy atom. The molecule has 2 amide bonds. The Balaban J connectivity index is 1.87. The fourth-order valence-corrected chi connectivity index (χ4v) is 3.94. The van der Waals surface area contributed by atoms with E-state index in [0.29, 0.717) is 26.3 Å². The molecule has 3 rings (SSSR count). The minimum atomic E-state index is -0.354. The molecular formula is C18H12BrCl2NO3S. The summed E-state index contributed by atoms with van der Waals surface area (Å²) in [6, 6.07) is 10.5. The Morgan fingerprint density at radius 3 is 2.62 bits per heavy atom. The topological polar surface area (TPSA) is 46.6 Å². The molecule has 134 valence electrons. The van der Waals surface area contributed by atoms with Gasteiger partial charge in [0.15, 0.2) is 0 Å². The average molecular weight is 473 g/mol. The second-order valence-corrected chi connectivity index (χ2v) is 8.13. The second-order valence-electron chi connectivity index (χ2n) is 5.40. The molecule has 0 aromatic heterocycles. The fourth-order valence-electron chi connectivity index (χ4n) is 2.42. The lowest BCUT2D eigenvalue weighted by molar-refractivity contribution is -0.123. The lowest BCUT2D eigenvalue weighted by Crippen LogP contribution is -2.27. The highest BCUT2D eigenvalue weighted by Crippen LogP contribution is 2.36. The summed E-state index contributed by atoms with van der Waals surface area (Å²) in [5.74, 6) is 0.262. The number of halogens is 3. The minimum absolute atomic E-state index is 0.133. The SMILES string of the molecule is COc1ccc(Br)cc1/C=C1/SC(=O)N(Cc2ccc(Cl)c(Cl)c2)C1=O. The van der Waals surface area contributed by atoms with Crippen molar-refractivity contribution >= 4 is 68.1 Å². The smallest absolute Gasteiger partial charge is 0.293 e. The van der Waals surface area contributed by atoms with Crippen LogP contribution in [-0.4, -0.2) is 23.2 Å². The van der Waals surface area contributed by atoms with Gasteiger partial charge in [-0.1, -0.05) is 45.2 Å². The molecule has 1 saturated heterocycles. The van der Waals surface area contributed by atoms with E-state index in [2.05, 4.69) is 15.9 Å². The molecule has 1 fully saturated rings. The number of hydrogen-bond donors (Lipinski definition) is 0. The summed E-state index contributed by atoms with van der Waals surface area (Å²) >= 11 is 16.2. The van der Waals surface area contributed by atoms with Crippen LogP contribution in [0.2, 0.25) is 10.0 Å². The second kappa shape index (κ2) is 8.05. The quantitative estimate of drug-likeness (QED) is 0.512. The van der Waals surface area contributed by atoms with E-state index in [4.69, 9.17) is 27.9 Å². The van der Waals surface area contributed by atoms with Crippen molar-refractivity contribution in [3.8, 4) is 5.75 Å². The highest BCUT2D eigenvalue weighted by Gasteiger charge is 2.35. The van der Waals surface area contributed by atoms with Crippen LogP contribution in [-0.2, 0) is 11.3 Å². The van der Waals surface area contributed by atoms with E-state index in [1.54, 1.807) is 37.5 Å². The summed E-state index contributed by atoms with van der Waals surface area (Å²) in [5, 5.41) is 0.470. The van der Waals surface area contributed by atoms with Crippen molar-refractivity contribution in [3.05, 3.63) is 66.9 Å². The van der Waals surface area contributed by atoms with Crippen molar-refractivity contribution in [3.63, 3.8) is 0 Å². The Morgan fingerprint density at radius 2 is 1.92 bits per heavy atom. The lowest BCUT2D eigenvalue weighted by Gasteiger charge is -2.13. The molecule has 1 aliphatic rings. The van der Waals surface area contributed by atoms with Crippen LogP contribution in [0.3, 0.4) is 0 Å². The molecule has 0 aliphatic carbocycles. The molecule has 1 heterocycles. The summed E-state index contributed by atoms with van der Waals surface area (Å²) in [5.41, 5.74) is 1.44.